The van der Waals surface area contributed by atoms with E-state index in [1.165, 1.54) is 18.2 Å². The van der Waals surface area contributed by atoms with Gasteiger partial charge in [-0.2, -0.15) is 5.10 Å². The van der Waals surface area contributed by atoms with E-state index >= 15 is 0 Å². The van der Waals surface area contributed by atoms with E-state index in [0.29, 0.717) is 6.67 Å². The van der Waals surface area contributed by atoms with E-state index in [9.17, 15) is 23.3 Å². The highest BCUT2D eigenvalue weighted by molar-refractivity contribution is 7.80. The molecule has 2 aliphatic rings. The number of anilines is 2. The van der Waals surface area contributed by atoms with Crippen LogP contribution in [0.2, 0.25) is 0 Å². The summed E-state index contributed by atoms with van der Waals surface area (Å²) in [6.45, 7) is 0.501. The number of fused-ring (bicyclic) bond motifs is 2. The molecule has 0 saturated carbocycles. The molecule has 13 heteroatoms. The predicted molar refractivity (Wildman–Crippen MR) is 145 cm³/mol. The molecule has 3 N–H and O–H groups in total. The van der Waals surface area contributed by atoms with Crippen LogP contribution in [0.1, 0.15) is 23.1 Å². The number of nitrogens with one attached hydrogen (secondary N) is 3. The quantitative estimate of drug-likeness (QED) is 0.159. The van der Waals surface area contributed by atoms with Crippen molar-refractivity contribution in [3.8, 4) is 5.75 Å². The minimum atomic E-state index is -4.73. The Hall–Kier alpha value is -4.65. The lowest BCUT2D eigenvalue weighted by Crippen LogP contribution is -2.24. The van der Waals surface area contributed by atoms with Crippen molar-refractivity contribution in [3.63, 3.8) is 0 Å². The van der Waals surface area contributed by atoms with Crippen molar-refractivity contribution in [1.29, 1.82) is 0 Å². The number of aryl methyl sites for hydroxylation is 1. The Labute approximate surface area is 226 Å². The predicted octanol–water partition coefficient (Wildman–Crippen LogP) is 5.50. The summed E-state index contributed by atoms with van der Waals surface area (Å²) < 4.78 is 41.4. The van der Waals surface area contributed by atoms with Gasteiger partial charge in [0.2, 0.25) is 0 Å². The summed E-state index contributed by atoms with van der Waals surface area (Å²) >= 11 is 5.19. The monoisotopic (exact) mass is 554 g/mol. The molecule has 39 heavy (non-hydrogen) atoms. The lowest BCUT2D eigenvalue weighted by atomic mass is 9.91. The van der Waals surface area contributed by atoms with Gasteiger partial charge in [-0.15, -0.1) is 13.2 Å². The van der Waals surface area contributed by atoms with Gasteiger partial charge in [0.15, 0.2) is 5.11 Å². The molecule has 0 saturated heterocycles. The molecule has 1 heterocycles. The van der Waals surface area contributed by atoms with E-state index in [4.69, 9.17) is 12.2 Å². The zero-order chi connectivity index (χ0) is 27.6. The van der Waals surface area contributed by atoms with Crippen molar-refractivity contribution >= 4 is 46.3 Å². The van der Waals surface area contributed by atoms with Crippen LogP contribution >= 0.6 is 12.2 Å². The highest BCUT2D eigenvalue weighted by Crippen LogP contribution is 2.38. The van der Waals surface area contributed by atoms with Crippen LogP contribution in [-0.2, 0) is 6.42 Å². The molecular formula is C26H21F3N6O3S. The molecule has 1 aliphatic carbocycles. The smallest absolute Gasteiger partial charge is 0.406 e. The Morgan fingerprint density at radius 1 is 1.13 bits per heavy atom. The highest BCUT2D eigenvalue weighted by Gasteiger charge is 2.32. The van der Waals surface area contributed by atoms with Gasteiger partial charge in [0.1, 0.15) is 11.4 Å². The first-order chi connectivity index (χ1) is 18.7. The maximum atomic E-state index is 12.5. The molecule has 0 aromatic heterocycles. The second-order valence-corrected chi connectivity index (χ2v) is 9.05. The summed E-state index contributed by atoms with van der Waals surface area (Å²) in [5.74, 6) is -0.261. The van der Waals surface area contributed by atoms with Gasteiger partial charge in [0.05, 0.1) is 23.5 Å². The number of rotatable bonds is 6. The van der Waals surface area contributed by atoms with Crippen molar-refractivity contribution in [2.75, 3.05) is 16.9 Å². The molecule has 0 bridgehead atoms. The second kappa shape index (κ2) is 10.6. The fourth-order valence-corrected chi connectivity index (χ4v) is 4.69. The lowest BCUT2D eigenvalue weighted by molar-refractivity contribution is -0.383. The van der Waals surface area contributed by atoms with Crippen LogP contribution in [0, 0.1) is 10.1 Å². The molecule has 9 nitrogen and oxygen atoms in total. The average molecular weight is 555 g/mol. The molecule has 0 amide bonds. The van der Waals surface area contributed by atoms with Crippen molar-refractivity contribution < 1.29 is 22.8 Å². The van der Waals surface area contributed by atoms with Crippen molar-refractivity contribution in [2.24, 2.45) is 5.10 Å². The third-order valence-electron chi connectivity index (χ3n) is 6.17. The Morgan fingerprint density at radius 2 is 1.90 bits per heavy atom. The molecule has 0 atom stereocenters. The molecule has 3 aromatic rings. The topological polar surface area (TPSA) is 104 Å². The van der Waals surface area contributed by atoms with E-state index in [1.54, 1.807) is 36.5 Å². The summed E-state index contributed by atoms with van der Waals surface area (Å²) in [6, 6.07) is 17.9. The van der Waals surface area contributed by atoms with Crippen LogP contribution in [0.3, 0.4) is 0 Å². The first kappa shape index (κ1) is 26.0. The van der Waals surface area contributed by atoms with Crippen LogP contribution in [-0.4, -0.2) is 29.3 Å². The van der Waals surface area contributed by atoms with E-state index in [1.807, 2.05) is 23.1 Å². The normalized spacial score (nSPS) is 14.5. The number of nitro benzene ring substituents is 1. The number of alkyl halides is 3. The summed E-state index contributed by atoms with van der Waals surface area (Å²) in [4.78, 5) is 12.7. The second-order valence-electron chi connectivity index (χ2n) is 8.64. The standard InChI is InChI=1S/C26H21F3N6O3S/c27-26(28,29)38-19-9-7-18(8-10-19)34-15-30-24-20-11-5-16(13-17(20)6-12-23(24)34)14-31-33-25(39)32-21-3-1-2-4-22(21)35(36)37/h1-5,7-11,13-14,30H,6,12,15H2,(H2,32,33,39)/b31-14+. The van der Waals surface area contributed by atoms with Crippen molar-refractivity contribution in [2.45, 2.75) is 19.2 Å². The van der Waals surface area contributed by atoms with Crippen LogP contribution in [0.15, 0.2) is 77.5 Å². The zero-order valence-electron chi connectivity index (χ0n) is 20.2. The number of benzene rings is 3. The summed E-state index contributed by atoms with van der Waals surface area (Å²) in [5.41, 5.74) is 8.68. The Morgan fingerprint density at radius 3 is 2.64 bits per heavy atom. The number of nitrogens with zero attached hydrogens (tertiary/aromatic N) is 3. The molecule has 200 valence electrons. The summed E-state index contributed by atoms with van der Waals surface area (Å²) in [7, 11) is 0. The number of thiocarbonyl (C=S) groups is 1. The number of halogens is 3. The third-order valence-corrected chi connectivity index (χ3v) is 6.36. The van der Waals surface area contributed by atoms with Gasteiger partial charge in [0.25, 0.3) is 5.69 Å². The van der Waals surface area contributed by atoms with E-state index < -0.39 is 11.3 Å². The number of allylic oxidation sites excluding steroid dienone is 1. The van der Waals surface area contributed by atoms with Gasteiger partial charge in [0, 0.05) is 23.0 Å². The van der Waals surface area contributed by atoms with Crippen LogP contribution in [0.25, 0.3) is 5.70 Å². The molecular weight excluding hydrogens is 533 g/mol. The SMILES string of the molecule is O=[N+]([O-])c1ccccc1NC(=S)N/N=C/c1ccc2c(c1)CCC1=C2NCN1c1ccc(OC(F)(F)F)cc1. The van der Waals surface area contributed by atoms with Gasteiger partial charge in [-0.05, 0) is 72.6 Å². The molecule has 0 radical (unpaired) electrons. The number of ether oxygens (including phenoxy) is 1. The maximum Gasteiger partial charge on any atom is 0.573 e. The zero-order valence-corrected chi connectivity index (χ0v) is 21.0. The van der Waals surface area contributed by atoms with Crippen LogP contribution < -0.4 is 25.7 Å². The fourth-order valence-electron chi connectivity index (χ4n) is 4.53. The van der Waals surface area contributed by atoms with Crippen LogP contribution in [0.4, 0.5) is 30.2 Å². The molecule has 5 rings (SSSR count). The fraction of sp³-hybridized carbons (Fsp3) is 0.154. The van der Waals surface area contributed by atoms with Gasteiger partial charge < -0.3 is 20.3 Å². The average Bonchev–Trinajstić information content (AvgIpc) is 3.33. The molecule has 0 spiro atoms. The molecule has 0 fully saturated rings. The van der Waals surface area contributed by atoms with E-state index in [-0.39, 0.29) is 22.2 Å². The molecule has 3 aromatic carbocycles. The minimum absolute atomic E-state index is 0.0967. The summed E-state index contributed by atoms with van der Waals surface area (Å²) in [5, 5.41) is 21.6. The van der Waals surface area contributed by atoms with Gasteiger partial charge in [-0.3, -0.25) is 15.5 Å². The molecule has 0 unspecified atom stereocenters. The van der Waals surface area contributed by atoms with Crippen LogP contribution in [0.5, 0.6) is 5.75 Å². The van der Waals surface area contributed by atoms with E-state index in [2.05, 4.69) is 25.9 Å². The number of nitro groups is 1. The van der Waals surface area contributed by atoms with Gasteiger partial charge >= 0.3 is 6.36 Å². The number of hydrazone groups is 1. The maximum absolute atomic E-state index is 12.5. The Kier molecular flexibility index (Phi) is 7.07. The number of hydrogen-bond donors (Lipinski definition) is 3. The van der Waals surface area contributed by atoms with Gasteiger partial charge in [-0.25, -0.2) is 0 Å². The number of hydrogen-bond acceptors (Lipinski definition) is 7. The highest BCUT2D eigenvalue weighted by atomic mass is 32.1. The first-order valence-corrected chi connectivity index (χ1v) is 12.2. The third kappa shape index (κ3) is 5.93. The largest absolute Gasteiger partial charge is 0.573 e. The Balaban J connectivity index is 1.24. The summed E-state index contributed by atoms with van der Waals surface area (Å²) in [6.07, 6.45) is -1.60. The van der Waals surface area contributed by atoms with E-state index in [0.717, 1.165) is 46.6 Å². The van der Waals surface area contributed by atoms with Gasteiger partial charge in [-0.1, -0.05) is 24.3 Å². The number of para-hydroxylation sites is 2. The minimum Gasteiger partial charge on any atom is -0.406 e. The molecule has 1 aliphatic heterocycles. The Bertz CT molecular complexity index is 1490. The first-order valence-electron chi connectivity index (χ1n) is 11.7. The lowest BCUT2D eigenvalue weighted by Gasteiger charge is -2.25. The van der Waals surface area contributed by atoms with Crippen molar-refractivity contribution in [1.82, 2.24) is 10.7 Å². The van der Waals surface area contributed by atoms with Crippen molar-refractivity contribution in [3.05, 3.63) is 99.2 Å².